The molecule has 0 amide bonds. The van der Waals surface area contributed by atoms with E-state index in [0.29, 0.717) is 6.04 Å². The Kier molecular flexibility index (Phi) is 2.64. The Hall–Kier alpha value is -0.530. The normalized spacial score (nSPS) is 31.5. The summed E-state index contributed by atoms with van der Waals surface area (Å²) in [4.78, 5) is 0. The Morgan fingerprint density at radius 2 is 1.75 bits per heavy atom. The molecule has 1 atom stereocenters. The number of hydrogen-bond donors (Lipinski definition) is 0. The smallest absolute Gasteiger partial charge is 0.0790 e. The molecule has 12 heavy (non-hydrogen) atoms. The molecule has 0 aromatic rings. The minimum absolute atomic E-state index is 0.545. The van der Waals surface area contributed by atoms with Crippen molar-refractivity contribution in [2.75, 3.05) is 0 Å². The maximum atomic E-state index is 4.27. The van der Waals surface area contributed by atoms with Gasteiger partial charge in [0, 0.05) is 12.6 Å². The summed E-state index contributed by atoms with van der Waals surface area (Å²) in [5.41, 5.74) is 4.27. The van der Waals surface area contributed by atoms with Crippen LogP contribution in [0.3, 0.4) is 0 Å². The molecule has 0 bridgehead atoms. The van der Waals surface area contributed by atoms with Crippen LogP contribution in [0.2, 0.25) is 0 Å². The molecule has 67 valence electrons. The van der Waals surface area contributed by atoms with Crippen LogP contribution in [0.5, 0.6) is 0 Å². The maximum absolute atomic E-state index is 4.27. The van der Waals surface area contributed by atoms with Crippen LogP contribution < -0.4 is 5.43 Å². The monoisotopic (exact) mass is 165 g/mol. The van der Waals surface area contributed by atoms with Gasteiger partial charge in [-0.05, 0) is 18.8 Å². The molecular weight excluding hydrogens is 148 g/mol. The fraction of sp³-hybridized carbons (Fsp3) is 0.900. The van der Waals surface area contributed by atoms with Crippen LogP contribution in [0.4, 0.5) is 0 Å². The lowest BCUT2D eigenvalue weighted by atomic mass is 9.91. The summed E-state index contributed by atoms with van der Waals surface area (Å²) in [6, 6.07) is 0.545. The molecular formula is C10H17N2. The van der Waals surface area contributed by atoms with Crippen LogP contribution in [-0.4, -0.2) is 12.3 Å². The van der Waals surface area contributed by atoms with Gasteiger partial charge in [-0.25, -0.2) is 0 Å². The Morgan fingerprint density at radius 1 is 1.00 bits per heavy atom. The summed E-state index contributed by atoms with van der Waals surface area (Å²) in [6.07, 6.45) is 11.5. The van der Waals surface area contributed by atoms with E-state index in [2.05, 4.69) is 10.5 Å². The molecule has 1 fully saturated rings. The molecule has 1 saturated carbocycles. The zero-order valence-corrected chi connectivity index (χ0v) is 7.58. The van der Waals surface area contributed by atoms with Gasteiger partial charge in [0.1, 0.15) is 0 Å². The van der Waals surface area contributed by atoms with E-state index in [4.69, 9.17) is 0 Å². The van der Waals surface area contributed by atoms with Crippen molar-refractivity contribution < 1.29 is 0 Å². The summed E-state index contributed by atoms with van der Waals surface area (Å²) in [7, 11) is 0. The molecule has 1 heterocycles. The van der Waals surface area contributed by atoms with Crippen LogP contribution in [0.25, 0.3) is 0 Å². The maximum Gasteiger partial charge on any atom is 0.0790 e. The Labute approximate surface area is 74.4 Å². The number of hydrogen-bond acceptors (Lipinski definition) is 1. The molecule has 1 aliphatic carbocycles. The standard InChI is InChI=1S/C10H17N2/c1-2-4-6-9(5-3-1)10-7-8-11-12-10/h8-10H,1-7H2. The van der Waals surface area contributed by atoms with E-state index in [0.717, 1.165) is 12.3 Å². The van der Waals surface area contributed by atoms with Crippen molar-refractivity contribution >= 4 is 6.21 Å². The fourth-order valence-corrected chi connectivity index (χ4v) is 2.32. The molecule has 0 spiro atoms. The van der Waals surface area contributed by atoms with E-state index in [1.165, 1.54) is 38.5 Å². The minimum Gasteiger partial charge on any atom is -0.186 e. The van der Waals surface area contributed by atoms with E-state index in [-0.39, 0.29) is 0 Å². The third-order valence-electron chi connectivity index (χ3n) is 3.09. The van der Waals surface area contributed by atoms with Crippen molar-refractivity contribution in [3.63, 3.8) is 0 Å². The van der Waals surface area contributed by atoms with Crippen LogP contribution in [0.1, 0.15) is 44.9 Å². The van der Waals surface area contributed by atoms with Gasteiger partial charge in [-0.3, -0.25) is 0 Å². The van der Waals surface area contributed by atoms with Gasteiger partial charge in [-0.2, -0.15) is 10.5 Å². The van der Waals surface area contributed by atoms with Crippen molar-refractivity contribution in [1.82, 2.24) is 5.43 Å². The topological polar surface area (TPSA) is 26.5 Å². The minimum atomic E-state index is 0.545. The summed E-state index contributed by atoms with van der Waals surface area (Å²) < 4.78 is 0. The molecule has 2 aliphatic rings. The predicted octanol–water partition coefficient (Wildman–Crippen LogP) is 2.32. The molecule has 1 unspecified atom stereocenters. The molecule has 2 nitrogen and oxygen atoms in total. The van der Waals surface area contributed by atoms with Crippen LogP contribution in [-0.2, 0) is 0 Å². The average molecular weight is 165 g/mol. The van der Waals surface area contributed by atoms with Gasteiger partial charge in [0.05, 0.1) is 6.04 Å². The van der Waals surface area contributed by atoms with Gasteiger partial charge in [0.15, 0.2) is 0 Å². The number of rotatable bonds is 1. The first-order valence-corrected chi connectivity index (χ1v) is 5.18. The van der Waals surface area contributed by atoms with Crippen molar-refractivity contribution in [2.24, 2.45) is 11.0 Å². The molecule has 1 aliphatic heterocycles. The highest BCUT2D eigenvalue weighted by molar-refractivity contribution is 5.59. The Morgan fingerprint density at radius 3 is 2.33 bits per heavy atom. The molecule has 0 aromatic heterocycles. The van der Waals surface area contributed by atoms with Crippen molar-refractivity contribution in [3.8, 4) is 0 Å². The van der Waals surface area contributed by atoms with Gasteiger partial charge >= 0.3 is 0 Å². The van der Waals surface area contributed by atoms with Gasteiger partial charge in [-0.15, -0.1) is 0 Å². The van der Waals surface area contributed by atoms with Crippen molar-refractivity contribution in [1.29, 1.82) is 0 Å². The predicted molar refractivity (Wildman–Crippen MR) is 50.2 cm³/mol. The van der Waals surface area contributed by atoms with Gasteiger partial charge in [0.2, 0.25) is 0 Å². The average Bonchev–Trinajstić information content (AvgIpc) is 2.48. The third kappa shape index (κ3) is 1.79. The Bertz CT molecular complexity index is 149. The molecule has 0 aromatic carbocycles. The first-order chi connectivity index (χ1) is 5.97. The lowest BCUT2D eigenvalue weighted by Crippen LogP contribution is -2.24. The zero-order valence-electron chi connectivity index (χ0n) is 7.58. The quantitative estimate of drug-likeness (QED) is 0.533. The van der Waals surface area contributed by atoms with E-state index < -0.39 is 0 Å². The second-order valence-corrected chi connectivity index (χ2v) is 3.97. The highest BCUT2D eigenvalue weighted by Crippen LogP contribution is 2.27. The highest BCUT2D eigenvalue weighted by atomic mass is 15.3. The summed E-state index contributed by atoms with van der Waals surface area (Å²) in [5, 5.41) is 3.97. The first-order valence-electron chi connectivity index (χ1n) is 5.18. The van der Waals surface area contributed by atoms with E-state index in [1.807, 2.05) is 6.21 Å². The van der Waals surface area contributed by atoms with Gasteiger partial charge in [0.25, 0.3) is 0 Å². The van der Waals surface area contributed by atoms with E-state index in [1.54, 1.807) is 0 Å². The van der Waals surface area contributed by atoms with Gasteiger partial charge < -0.3 is 0 Å². The van der Waals surface area contributed by atoms with E-state index in [9.17, 15) is 0 Å². The molecule has 0 N–H and O–H groups in total. The van der Waals surface area contributed by atoms with Crippen molar-refractivity contribution in [3.05, 3.63) is 0 Å². The van der Waals surface area contributed by atoms with Crippen LogP contribution in [0, 0.1) is 5.92 Å². The second kappa shape index (κ2) is 3.92. The van der Waals surface area contributed by atoms with Crippen LogP contribution >= 0.6 is 0 Å². The number of nitrogens with zero attached hydrogens (tertiary/aromatic N) is 2. The Balaban J connectivity index is 1.84. The first kappa shape index (κ1) is 8.09. The van der Waals surface area contributed by atoms with Crippen LogP contribution in [0.15, 0.2) is 5.10 Å². The molecule has 1 radical (unpaired) electrons. The lowest BCUT2D eigenvalue weighted by Gasteiger charge is -2.18. The molecule has 2 heteroatoms. The molecule has 2 rings (SSSR count). The highest BCUT2D eigenvalue weighted by Gasteiger charge is 2.24. The fourth-order valence-electron chi connectivity index (χ4n) is 2.32. The largest absolute Gasteiger partial charge is 0.186 e. The second-order valence-electron chi connectivity index (χ2n) is 3.97. The molecule has 0 saturated heterocycles. The third-order valence-corrected chi connectivity index (χ3v) is 3.09. The van der Waals surface area contributed by atoms with Gasteiger partial charge in [-0.1, -0.05) is 25.7 Å². The lowest BCUT2D eigenvalue weighted by molar-refractivity contribution is 0.340. The van der Waals surface area contributed by atoms with Crippen molar-refractivity contribution in [2.45, 2.75) is 51.0 Å². The summed E-state index contributed by atoms with van der Waals surface area (Å²) >= 11 is 0. The van der Waals surface area contributed by atoms with E-state index >= 15 is 0 Å². The summed E-state index contributed by atoms with van der Waals surface area (Å²) in [6.45, 7) is 0. The summed E-state index contributed by atoms with van der Waals surface area (Å²) in [5.74, 6) is 0.843. The zero-order chi connectivity index (χ0) is 8.23. The SMILES string of the molecule is C1=N[N]C(C2CCCCCC2)C1.